The Balaban J connectivity index is 1.91. The number of nitrogen functional groups attached to an aromatic ring is 1. The summed E-state index contributed by atoms with van der Waals surface area (Å²) in [6.07, 6.45) is 3.35. The average Bonchev–Trinajstić information content (AvgIpc) is 2.83. The molecule has 3 N–H and O–H groups in total. The van der Waals surface area contributed by atoms with Gasteiger partial charge in [0.1, 0.15) is 5.75 Å². The van der Waals surface area contributed by atoms with E-state index in [4.69, 9.17) is 10.5 Å². The number of ether oxygens (including phenoxy) is 1. The van der Waals surface area contributed by atoms with Crippen LogP contribution in [0.5, 0.6) is 5.75 Å². The first-order valence-corrected chi connectivity index (χ1v) is 7.08. The Labute approximate surface area is 120 Å². The number of fused-ring (bicyclic) bond motifs is 1. The molecule has 3 rings (SSSR count). The molecular weight excluding hydrogens is 272 g/mol. The average molecular weight is 286 g/mol. The van der Waals surface area contributed by atoms with E-state index in [2.05, 4.69) is 15.0 Å². The van der Waals surface area contributed by atoms with E-state index in [0.29, 0.717) is 12.3 Å². The number of nitrogens with two attached hydrogens (primary N) is 1. The summed E-state index contributed by atoms with van der Waals surface area (Å²) in [6.45, 7) is 2.61. The minimum absolute atomic E-state index is 0.646. The van der Waals surface area contributed by atoms with Gasteiger partial charge in [0.05, 0.1) is 29.5 Å². The summed E-state index contributed by atoms with van der Waals surface area (Å²) in [5.41, 5.74) is 8.38. The first-order chi connectivity index (χ1) is 9.76. The van der Waals surface area contributed by atoms with Crippen molar-refractivity contribution in [3.63, 3.8) is 0 Å². The molecule has 2 heterocycles. The highest BCUT2D eigenvalue weighted by molar-refractivity contribution is 7.99. The maximum absolute atomic E-state index is 5.88. The molecule has 0 saturated carbocycles. The quantitative estimate of drug-likeness (QED) is 0.770. The van der Waals surface area contributed by atoms with E-state index < -0.39 is 0 Å². The molecule has 0 saturated heterocycles. The molecule has 102 valence electrons. The number of hydrogen-bond donors (Lipinski definition) is 2. The van der Waals surface area contributed by atoms with E-state index in [0.717, 1.165) is 26.8 Å². The van der Waals surface area contributed by atoms with Crippen LogP contribution in [-0.2, 0) is 0 Å². The minimum Gasteiger partial charge on any atom is -0.494 e. The highest BCUT2D eigenvalue weighted by atomic mass is 32.2. The van der Waals surface area contributed by atoms with Gasteiger partial charge in [-0.3, -0.25) is 4.98 Å². The van der Waals surface area contributed by atoms with Gasteiger partial charge in [0, 0.05) is 17.2 Å². The Bertz CT molecular complexity index is 741. The van der Waals surface area contributed by atoms with Crippen molar-refractivity contribution in [2.75, 3.05) is 12.3 Å². The van der Waals surface area contributed by atoms with Crippen molar-refractivity contribution in [3.8, 4) is 5.75 Å². The summed E-state index contributed by atoms with van der Waals surface area (Å²) in [6, 6.07) is 7.68. The monoisotopic (exact) mass is 286 g/mol. The van der Waals surface area contributed by atoms with Crippen molar-refractivity contribution >= 4 is 28.5 Å². The lowest BCUT2D eigenvalue weighted by Gasteiger charge is -2.01. The standard InChI is InChI=1S/C14H14N4OS/c1-2-19-9-3-4-11-12(7-9)18-14(17-11)20-13-5-6-16-8-10(13)15/h3-8H,2,15H2,1H3,(H,17,18). The number of aromatic amines is 1. The van der Waals surface area contributed by atoms with Crippen LogP contribution in [0.4, 0.5) is 5.69 Å². The molecule has 0 spiro atoms. The number of imidazole rings is 1. The molecule has 0 bridgehead atoms. The zero-order valence-corrected chi connectivity index (χ0v) is 11.8. The number of pyridine rings is 1. The Hall–Kier alpha value is -2.21. The normalized spacial score (nSPS) is 10.8. The largest absolute Gasteiger partial charge is 0.494 e. The van der Waals surface area contributed by atoms with Gasteiger partial charge >= 0.3 is 0 Å². The predicted octanol–water partition coefficient (Wildman–Crippen LogP) is 3.09. The highest BCUT2D eigenvalue weighted by Gasteiger charge is 2.07. The summed E-state index contributed by atoms with van der Waals surface area (Å²) in [5.74, 6) is 0.837. The number of hydrogen-bond acceptors (Lipinski definition) is 5. The van der Waals surface area contributed by atoms with Crippen LogP contribution in [0.3, 0.4) is 0 Å². The van der Waals surface area contributed by atoms with Crippen LogP contribution < -0.4 is 10.5 Å². The molecule has 0 aliphatic carbocycles. The zero-order valence-electron chi connectivity index (χ0n) is 11.0. The molecule has 6 heteroatoms. The third-order valence-corrected chi connectivity index (χ3v) is 3.74. The van der Waals surface area contributed by atoms with Gasteiger partial charge in [-0.2, -0.15) is 0 Å². The number of benzene rings is 1. The maximum atomic E-state index is 5.88. The van der Waals surface area contributed by atoms with Crippen LogP contribution in [0.15, 0.2) is 46.7 Å². The fourth-order valence-electron chi connectivity index (χ4n) is 1.86. The number of nitrogens with zero attached hydrogens (tertiary/aromatic N) is 2. The molecule has 0 fully saturated rings. The second-order valence-corrected chi connectivity index (χ2v) is 5.20. The Morgan fingerprint density at radius 2 is 2.25 bits per heavy atom. The molecule has 0 amide bonds. The molecule has 5 nitrogen and oxygen atoms in total. The summed E-state index contributed by atoms with van der Waals surface area (Å²) >= 11 is 1.49. The van der Waals surface area contributed by atoms with Gasteiger partial charge in [0.15, 0.2) is 5.16 Å². The lowest BCUT2D eigenvalue weighted by Crippen LogP contribution is -1.90. The number of nitrogens with one attached hydrogen (secondary N) is 1. The summed E-state index contributed by atoms with van der Waals surface area (Å²) in [5, 5.41) is 0.798. The van der Waals surface area contributed by atoms with E-state index >= 15 is 0 Å². The predicted molar refractivity (Wildman–Crippen MR) is 80.0 cm³/mol. The van der Waals surface area contributed by atoms with Gasteiger partial charge in [-0.15, -0.1) is 0 Å². The van der Waals surface area contributed by atoms with Crippen LogP contribution in [0.1, 0.15) is 6.92 Å². The number of rotatable bonds is 4. The van der Waals surface area contributed by atoms with Crippen molar-refractivity contribution in [2.45, 2.75) is 17.0 Å². The number of aromatic nitrogens is 3. The fourth-order valence-corrected chi connectivity index (χ4v) is 2.67. The number of H-pyrrole nitrogens is 1. The fraction of sp³-hybridized carbons (Fsp3) is 0.143. The molecule has 3 aromatic rings. The van der Waals surface area contributed by atoms with Gasteiger partial charge < -0.3 is 15.5 Å². The molecular formula is C14H14N4OS. The number of anilines is 1. The minimum atomic E-state index is 0.646. The highest BCUT2D eigenvalue weighted by Crippen LogP contribution is 2.31. The van der Waals surface area contributed by atoms with Crippen molar-refractivity contribution in [1.29, 1.82) is 0 Å². The molecule has 2 aromatic heterocycles. The first kappa shape index (κ1) is 12.8. The summed E-state index contributed by atoms with van der Waals surface area (Å²) in [4.78, 5) is 12.7. The van der Waals surface area contributed by atoms with E-state index in [1.807, 2.05) is 31.2 Å². The van der Waals surface area contributed by atoms with Gasteiger partial charge in [0.2, 0.25) is 0 Å². The van der Waals surface area contributed by atoms with Crippen LogP contribution >= 0.6 is 11.8 Å². The third kappa shape index (κ3) is 2.55. The smallest absolute Gasteiger partial charge is 0.171 e. The van der Waals surface area contributed by atoms with Crippen molar-refractivity contribution in [2.24, 2.45) is 0 Å². The van der Waals surface area contributed by atoms with Crippen LogP contribution in [0.2, 0.25) is 0 Å². The van der Waals surface area contributed by atoms with Crippen LogP contribution in [0, 0.1) is 0 Å². The lowest BCUT2D eigenvalue weighted by molar-refractivity contribution is 0.340. The molecule has 20 heavy (non-hydrogen) atoms. The molecule has 1 aromatic carbocycles. The van der Waals surface area contributed by atoms with Crippen LogP contribution in [0.25, 0.3) is 11.0 Å². The third-order valence-electron chi connectivity index (χ3n) is 2.76. The van der Waals surface area contributed by atoms with Gasteiger partial charge in [-0.05, 0) is 36.9 Å². The zero-order chi connectivity index (χ0) is 13.9. The Morgan fingerprint density at radius 1 is 1.35 bits per heavy atom. The lowest BCUT2D eigenvalue weighted by atomic mass is 10.3. The molecule has 0 radical (unpaired) electrons. The summed E-state index contributed by atoms with van der Waals surface area (Å²) < 4.78 is 5.48. The van der Waals surface area contributed by atoms with E-state index in [1.54, 1.807) is 12.4 Å². The maximum Gasteiger partial charge on any atom is 0.171 e. The molecule has 0 atom stereocenters. The van der Waals surface area contributed by atoms with E-state index in [-0.39, 0.29) is 0 Å². The van der Waals surface area contributed by atoms with Gasteiger partial charge in [-0.25, -0.2) is 4.98 Å². The van der Waals surface area contributed by atoms with E-state index in [1.165, 1.54) is 11.8 Å². The second kappa shape index (κ2) is 5.42. The Kier molecular flexibility index (Phi) is 3.47. The van der Waals surface area contributed by atoms with Crippen LogP contribution in [-0.4, -0.2) is 21.6 Å². The molecule has 0 aliphatic rings. The van der Waals surface area contributed by atoms with Gasteiger partial charge in [0.25, 0.3) is 0 Å². The van der Waals surface area contributed by atoms with E-state index in [9.17, 15) is 0 Å². The van der Waals surface area contributed by atoms with Crippen molar-refractivity contribution in [1.82, 2.24) is 15.0 Å². The van der Waals surface area contributed by atoms with Crippen molar-refractivity contribution < 1.29 is 4.74 Å². The SMILES string of the molecule is CCOc1ccc2nc(Sc3ccncc3N)[nH]c2c1. The van der Waals surface area contributed by atoms with Gasteiger partial charge in [-0.1, -0.05) is 0 Å². The first-order valence-electron chi connectivity index (χ1n) is 6.26. The molecule has 0 unspecified atom stereocenters. The molecule has 0 aliphatic heterocycles. The summed E-state index contributed by atoms with van der Waals surface area (Å²) in [7, 11) is 0. The Morgan fingerprint density at radius 3 is 3.05 bits per heavy atom. The topological polar surface area (TPSA) is 76.8 Å². The van der Waals surface area contributed by atoms with Crippen molar-refractivity contribution in [3.05, 3.63) is 36.7 Å². The second-order valence-electron chi connectivity index (χ2n) is 4.17.